The molecule has 0 aromatic heterocycles. The van der Waals surface area contributed by atoms with Crippen molar-refractivity contribution in [3.8, 4) is 0 Å². The van der Waals surface area contributed by atoms with E-state index in [-0.39, 0.29) is 0 Å². The molecule has 0 aliphatic carbocycles. The van der Waals surface area contributed by atoms with Gasteiger partial charge in [-0.3, -0.25) is 4.79 Å². The minimum absolute atomic E-state index is 0.485. The molecule has 0 fully saturated rings. The van der Waals surface area contributed by atoms with Crippen molar-refractivity contribution in [3.05, 3.63) is 0 Å². The van der Waals surface area contributed by atoms with Crippen LogP contribution in [0.4, 0.5) is 0 Å². The summed E-state index contributed by atoms with van der Waals surface area (Å²) in [6, 6.07) is 0. The first kappa shape index (κ1) is 6.34. The summed E-state index contributed by atoms with van der Waals surface area (Å²) in [7, 11) is 0. The maximum atomic E-state index is 9.49. The number of unbranched alkanes of at least 4 members (excludes halogenated alkanes) is 1. The maximum Gasteiger partial charge on any atom is 0.198 e. The van der Waals surface area contributed by atoms with Crippen molar-refractivity contribution in [2.45, 2.75) is 12.8 Å². The Kier molecular flexibility index (Phi) is 4.84. The van der Waals surface area contributed by atoms with Gasteiger partial charge in [0.05, 0.1) is 0 Å². The van der Waals surface area contributed by atoms with Crippen LogP contribution in [0.15, 0.2) is 4.99 Å². The topological polar surface area (TPSA) is 29.4 Å². The third-order valence-corrected chi connectivity index (χ3v) is 0.595. The molecule has 39 valence electrons. The fourth-order valence-electron chi connectivity index (χ4n) is 0.263. The van der Waals surface area contributed by atoms with Crippen LogP contribution in [-0.2, 0) is 4.79 Å². The van der Waals surface area contributed by atoms with Crippen molar-refractivity contribution >= 4 is 13.0 Å². The van der Waals surface area contributed by atoms with E-state index in [2.05, 4.69) is 11.7 Å². The summed E-state index contributed by atoms with van der Waals surface area (Å²) in [4.78, 5) is 13.0. The zero-order chi connectivity index (χ0) is 5.54. The van der Waals surface area contributed by atoms with Crippen LogP contribution in [-0.4, -0.2) is 19.5 Å². The van der Waals surface area contributed by atoms with Gasteiger partial charge in [-0.05, 0) is 13.1 Å². The van der Waals surface area contributed by atoms with Gasteiger partial charge in [0.15, 0.2) is 6.29 Å². The van der Waals surface area contributed by atoms with Crippen LogP contribution in [0.1, 0.15) is 12.8 Å². The highest BCUT2D eigenvalue weighted by molar-refractivity contribution is 5.50. The van der Waals surface area contributed by atoms with Crippen LogP contribution in [0.5, 0.6) is 0 Å². The lowest BCUT2D eigenvalue weighted by atomic mass is 10.3. The van der Waals surface area contributed by atoms with Gasteiger partial charge < -0.3 is 4.99 Å². The van der Waals surface area contributed by atoms with Gasteiger partial charge in [-0.2, -0.15) is 0 Å². The van der Waals surface area contributed by atoms with E-state index in [4.69, 9.17) is 0 Å². The van der Waals surface area contributed by atoms with E-state index >= 15 is 0 Å². The Morgan fingerprint density at radius 3 is 2.86 bits per heavy atom. The van der Waals surface area contributed by atoms with Crippen LogP contribution in [0, 0.1) is 0 Å². The van der Waals surface area contributed by atoms with E-state index < -0.39 is 0 Å². The third kappa shape index (κ3) is 5.34. The number of nitrogens with zero attached hydrogens (tertiary/aromatic N) is 1. The van der Waals surface area contributed by atoms with Crippen molar-refractivity contribution in [2.24, 2.45) is 4.99 Å². The molecule has 0 aliphatic rings. The number of carbonyl (C=O) groups excluding carboxylic acids is 1. The van der Waals surface area contributed by atoms with Crippen molar-refractivity contribution < 1.29 is 4.79 Å². The Balaban J connectivity index is 2.68. The van der Waals surface area contributed by atoms with Gasteiger partial charge in [-0.15, -0.1) is 0 Å². The molecule has 0 saturated heterocycles. The van der Waals surface area contributed by atoms with Crippen molar-refractivity contribution in [2.75, 3.05) is 6.54 Å². The number of hydrogen-bond acceptors (Lipinski definition) is 2. The summed E-state index contributed by atoms with van der Waals surface area (Å²) in [6.45, 7) is 3.93. The first-order chi connectivity index (χ1) is 3.41. The minimum atomic E-state index is 0.485. The largest absolute Gasteiger partial charge is 0.301 e. The molecule has 0 saturated carbocycles. The van der Waals surface area contributed by atoms with Gasteiger partial charge in [-0.25, -0.2) is 0 Å². The molecule has 0 unspecified atom stereocenters. The minimum Gasteiger partial charge on any atom is -0.301 e. The Morgan fingerprint density at radius 2 is 2.43 bits per heavy atom. The molecule has 2 heteroatoms. The van der Waals surface area contributed by atoms with E-state index in [1.807, 2.05) is 0 Å². The second-order valence-electron chi connectivity index (χ2n) is 1.20. The smallest absolute Gasteiger partial charge is 0.198 e. The van der Waals surface area contributed by atoms with Crippen LogP contribution in [0.2, 0.25) is 0 Å². The molecule has 0 spiro atoms. The fraction of sp³-hybridized carbons (Fsp3) is 0.600. The lowest BCUT2D eigenvalue weighted by Gasteiger charge is -1.81. The molecule has 0 N–H and O–H groups in total. The first-order valence-corrected chi connectivity index (χ1v) is 2.19. The monoisotopic (exact) mass is 98.1 g/mol. The normalized spacial score (nSPS) is 8.00. The second kappa shape index (κ2) is 5.34. The summed E-state index contributed by atoms with van der Waals surface area (Å²) in [5.41, 5.74) is 0. The Labute approximate surface area is 43.3 Å². The number of hydrogen-bond donors (Lipinski definition) is 0. The molecule has 0 bridgehead atoms. The Bertz CT molecular complexity index is 53.1. The van der Waals surface area contributed by atoms with Crippen LogP contribution in [0.3, 0.4) is 0 Å². The van der Waals surface area contributed by atoms with Crippen LogP contribution < -0.4 is 0 Å². The third-order valence-electron chi connectivity index (χ3n) is 0.595. The number of rotatable bonds is 4. The Hall–Kier alpha value is -0.660. The second-order valence-corrected chi connectivity index (χ2v) is 1.20. The predicted octanol–water partition coefficient (Wildman–Crippen LogP) is 0.577. The summed E-state index contributed by atoms with van der Waals surface area (Å²) in [5, 5.41) is 0. The van der Waals surface area contributed by atoms with Gasteiger partial charge in [0.2, 0.25) is 0 Å². The highest BCUT2D eigenvalue weighted by Gasteiger charge is 1.79. The average molecular weight is 98.1 g/mol. The molecule has 2 nitrogen and oxygen atoms in total. The summed E-state index contributed by atoms with van der Waals surface area (Å²) in [5.74, 6) is 0. The zero-order valence-electron chi connectivity index (χ0n) is 4.18. The van der Waals surface area contributed by atoms with Gasteiger partial charge in [0.25, 0.3) is 0 Å². The van der Waals surface area contributed by atoms with Gasteiger partial charge in [0.1, 0.15) is 0 Å². The molecular formula is C5H8NO. The highest BCUT2D eigenvalue weighted by atomic mass is 16.1. The predicted molar refractivity (Wildman–Crippen MR) is 29.3 cm³/mol. The van der Waals surface area contributed by atoms with E-state index in [0.717, 1.165) is 6.42 Å². The van der Waals surface area contributed by atoms with E-state index in [9.17, 15) is 4.79 Å². The Morgan fingerprint density at radius 1 is 1.71 bits per heavy atom. The molecule has 7 heavy (non-hydrogen) atoms. The molecule has 0 aromatic rings. The van der Waals surface area contributed by atoms with Crippen molar-refractivity contribution in [1.29, 1.82) is 0 Å². The molecule has 0 aliphatic heterocycles. The quantitative estimate of drug-likeness (QED) is 0.373. The SMILES string of the molecule is C=NCCC[C]=O. The van der Waals surface area contributed by atoms with Crippen molar-refractivity contribution in [3.63, 3.8) is 0 Å². The first-order valence-electron chi connectivity index (χ1n) is 2.19. The molecule has 0 rings (SSSR count). The van der Waals surface area contributed by atoms with E-state index in [0.29, 0.717) is 13.0 Å². The van der Waals surface area contributed by atoms with E-state index in [1.54, 1.807) is 6.29 Å². The van der Waals surface area contributed by atoms with Crippen LogP contribution >= 0.6 is 0 Å². The van der Waals surface area contributed by atoms with Gasteiger partial charge in [-0.1, -0.05) is 0 Å². The lowest BCUT2D eigenvalue weighted by Crippen LogP contribution is -1.79. The average Bonchev–Trinajstić information content (AvgIpc) is 1.69. The van der Waals surface area contributed by atoms with Gasteiger partial charge in [0, 0.05) is 13.0 Å². The van der Waals surface area contributed by atoms with E-state index in [1.165, 1.54) is 0 Å². The molecule has 0 heterocycles. The standard InChI is InChI=1S/C5H8NO/c1-6-4-2-3-5-7/h1-4H2. The summed E-state index contributed by atoms with van der Waals surface area (Å²) in [6.07, 6.45) is 3.03. The molecule has 0 atom stereocenters. The molecule has 0 amide bonds. The highest BCUT2D eigenvalue weighted by Crippen LogP contribution is 1.81. The van der Waals surface area contributed by atoms with Crippen LogP contribution in [0.25, 0.3) is 0 Å². The zero-order valence-corrected chi connectivity index (χ0v) is 4.18. The lowest BCUT2D eigenvalue weighted by molar-refractivity contribution is 0.549. The van der Waals surface area contributed by atoms with Gasteiger partial charge >= 0.3 is 0 Å². The van der Waals surface area contributed by atoms with Crippen molar-refractivity contribution in [1.82, 2.24) is 0 Å². The number of aliphatic imine (C=N–C) groups is 1. The molecule has 1 radical (unpaired) electrons. The molecule has 0 aromatic carbocycles. The summed E-state index contributed by atoms with van der Waals surface area (Å²) < 4.78 is 0. The fourth-order valence-corrected chi connectivity index (χ4v) is 0.263. The maximum absolute atomic E-state index is 9.49. The summed E-state index contributed by atoms with van der Waals surface area (Å²) >= 11 is 0. The molecular weight excluding hydrogens is 90.1 g/mol.